The Balaban J connectivity index is 0.000000815. The predicted molar refractivity (Wildman–Crippen MR) is 99.5 cm³/mol. The zero-order valence-corrected chi connectivity index (χ0v) is 15.8. The van der Waals surface area contributed by atoms with E-state index in [-0.39, 0.29) is 12.2 Å². The van der Waals surface area contributed by atoms with Crippen molar-refractivity contribution in [3.05, 3.63) is 13.2 Å². The van der Waals surface area contributed by atoms with Gasteiger partial charge in [-0.15, -0.1) is 13.2 Å². The summed E-state index contributed by atoms with van der Waals surface area (Å²) in [5.74, 6) is 4.94. The minimum atomic E-state index is -0.132. The quantitative estimate of drug-likeness (QED) is 0.676. The van der Waals surface area contributed by atoms with Crippen LogP contribution in [0.3, 0.4) is 0 Å². The summed E-state index contributed by atoms with van der Waals surface area (Å²) >= 11 is 0. The molecular weight excluding hydrogens is 296 g/mol. The second-order valence-corrected chi connectivity index (χ2v) is 9.37. The van der Waals surface area contributed by atoms with Gasteiger partial charge in [-0.25, -0.2) is 0 Å². The molecule has 138 valence electrons. The van der Waals surface area contributed by atoms with Crippen molar-refractivity contribution in [2.75, 3.05) is 0 Å². The number of hydrogen-bond donors (Lipinski definition) is 2. The van der Waals surface area contributed by atoms with E-state index in [9.17, 15) is 10.2 Å². The third-order valence-electron chi connectivity index (χ3n) is 8.58. The highest BCUT2D eigenvalue weighted by atomic mass is 16.3. The Bertz CT molecular complexity index is 434. The van der Waals surface area contributed by atoms with Crippen LogP contribution in [0.2, 0.25) is 0 Å². The highest BCUT2D eigenvalue weighted by Crippen LogP contribution is 2.64. The van der Waals surface area contributed by atoms with E-state index in [0.29, 0.717) is 11.3 Å². The smallest absolute Gasteiger partial charge is 0.0545 e. The summed E-state index contributed by atoms with van der Waals surface area (Å²) in [5, 5.41) is 20.2. The molecule has 9 unspecified atom stereocenters. The van der Waals surface area contributed by atoms with Crippen LogP contribution in [0, 0.1) is 40.9 Å². The van der Waals surface area contributed by atoms with Gasteiger partial charge in [0, 0.05) is 0 Å². The van der Waals surface area contributed by atoms with E-state index in [2.05, 4.69) is 20.1 Å². The first kappa shape index (κ1) is 18.5. The number of aliphatic hydroxyl groups excluding tert-OH is 2. The van der Waals surface area contributed by atoms with Gasteiger partial charge >= 0.3 is 0 Å². The Morgan fingerprint density at radius 3 is 2.33 bits per heavy atom. The third kappa shape index (κ3) is 2.88. The van der Waals surface area contributed by atoms with E-state index in [4.69, 9.17) is 0 Å². The van der Waals surface area contributed by atoms with Gasteiger partial charge in [-0.2, -0.15) is 0 Å². The fraction of sp³-hybridized carbons (Fsp3) is 0.909. The molecular formula is C22H38O2. The molecule has 2 nitrogen and oxygen atoms in total. The molecule has 0 bridgehead atoms. The average Bonchev–Trinajstić information content (AvgIpc) is 2.93. The Labute approximate surface area is 148 Å². The molecule has 0 saturated heterocycles. The van der Waals surface area contributed by atoms with E-state index in [1.165, 1.54) is 44.9 Å². The maximum absolute atomic E-state index is 10.2. The summed E-state index contributed by atoms with van der Waals surface area (Å²) < 4.78 is 0. The maximum Gasteiger partial charge on any atom is 0.0545 e. The zero-order valence-electron chi connectivity index (χ0n) is 15.8. The molecule has 2 heteroatoms. The lowest BCUT2D eigenvalue weighted by molar-refractivity contribution is -0.0886. The Hall–Kier alpha value is -0.340. The molecule has 4 rings (SSSR count). The summed E-state index contributed by atoms with van der Waals surface area (Å²) in [6.07, 6.45) is 11.3. The fourth-order valence-corrected chi connectivity index (χ4v) is 7.66. The van der Waals surface area contributed by atoms with Crippen molar-refractivity contribution in [1.82, 2.24) is 0 Å². The molecule has 9 atom stereocenters. The van der Waals surface area contributed by atoms with Crippen LogP contribution in [0.15, 0.2) is 13.2 Å². The van der Waals surface area contributed by atoms with E-state index in [1.54, 1.807) is 0 Å². The molecule has 0 amide bonds. The van der Waals surface area contributed by atoms with Crippen LogP contribution >= 0.6 is 0 Å². The van der Waals surface area contributed by atoms with Crippen LogP contribution in [0.1, 0.15) is 71.6 Å². The first-order valence-corrected chi connectivity index (χ1v) is 10.4. The Morgan fingerprint density at radius 1 is 0.917 bits per heavy atom. The van der Waals surface area contributed by atoms with E-state index >= 15 is 0 Å². The van der Waals surface area contributed by atoms with Crippen LogP contribution in [0.4, 0.5) is 0 Å². The fourth-order valence-electron chi connectivity index (χ4n) is 7.66. The topological polar surface area (TPSA) is 40.5 Å². The lowest BCUT2D eigenvalue weighted by Gasteiger charge is -2.56. The maximum atomic E-state index is 10.2. The molecule has 4 aliphatic rings. The second kappa shape index (κ2) is 7.11. The average molecular weight is 335 g/mol. The monoisotopic (exact) mass is 334 g/mol. The molecule has 24 heavy (non-hydrogen) atoms. The van der Waals surface area contributed by atoms with Crippen molar-refractivity contribution in [1.29, 1.82) is 0 Å². The third-order valence-corrected chi connectivity index (χ3v) is 8.58. The molecule has 0 heterocycles. The van der Waals surface area contributed by atoms with Gasteiger partial charge in [0.1, 0.15) is 0 Å². The Kier molecular flexibility index (Phi) is 5.47. The number of rotatable bonds is 1. The van der Waals surface area contributed by atoms with Crippen molar-refractivity contribution >= 4 is 0 Å². The molecule has 4 fully saturated rings. The molecule has 0 aromatic carbocycles. The van der Waals surface area contributed by atoms with Crippen LogP contribution in [-0.2, 0) is 0 Å². The van der Waals surface area contributed by atoms with Crippen molar-refractivity contribution in [2.45, 2.75) is 83.8 Å². The SMILES string of the molecule is C=C.CC(O)C1CCC2C3CCC4CC(O)CCC4C3CCC12C. The molecule has 4 saturated carbocycles. The van der Waals surface area contributed by atoms with Gasteiger partial charge in [0.15, 0.2) is 0 Å². The van der Waals surface area contributed by atoms with Crippen molar-refractivity contribution < 1.29 is 10.2 Å². The molecule has 0 aromatic heterocycles. The lowest BCUT2D eigenvalue weighted by Crippen LogP contribution is -2.49. The first-order chi connectivity index (χ1) is 11.5. The minimum absolute atomic E-state index is 0.0160. The molecule has 0 radical (unpaired) electrons. The van der Waals surface area contributed by atoms with Crippen LogP contribution in [0.5, 0.6) is 0 Å². The van der Waals surface area contributed by atoms with Gasteiger partial charge in [-0.3, -0.25) is 0 Å². The van der Waals surface area contributed by atoms with Crippen molar-refractivity contribution in [2.24, 2.45) is 40.9 Å². The summed E-state index contributed by atoms with van der Waals surface area (Å²) in [6.45, 7) is 10.5. The number of aliphatic hydroxyl groups is 2. The van der Waals surface area contributed by atoms with Gasteiger partial charge in [0.05, 0.1) is 12.2 Å². The van der Waals surface area contributed by atoms with E-state index in [0.717, 1.165) is 42.4 Å². The molecule has 0 aliphatic heterocycles. The molecule has 0 spiro atoms. The highest BCUT2D eigenvalue weighted by molar-refractivity contribution is 5.06. The summed E-state index contributed by atoms with van der Waals surface area (Å²) in [6, 6.07) is 0. The molecule has 0 aromatic rings. The summed E-state index contributed by atoms with van der Waals surface area (Å²) in [4.78, 5) is 0. The van der Waals surface area contributed by atoms with Gasteiger partial charge in [0.2, 0.25) is 0 Å². The lowest BCUT2D eigenvalue weighted by atomic mass is 9.49. The van der Waals surface area contributed by atoms with Gasteiger partial charge in [-0.05, 0) is 106 Å². The minimum Gasteiger partial charge on any atom is -0.393 e. The largest absolute Gasteiger partial charge is 0.393 e. The highest BCUT2D eigenvalue weighted by Gasteiger charge is 2.57. The normalized spacial score (nSPS) is 51.4. The standard InChI is InChI=1S/C20H34O2.C2H4/c1-12(21)18-7-8-19-17-5-3-13-11-14(22)4-6-15(13)16(17)9-10-20(18,19)2;1-2/h12-19,21-22H,3-11H2,1-2H3;1-2H2. The molecule has 4 aliphatic carbocycles. The van der Waals surface area contributed by atoms with Gasteiger partial charge in [-0.1, -0.05) is 6.92 Å². The predicted octanol–water partition coefficient (Wildman–Crippen LogP) is 4.80. The Morgan fingerprint density at radius 2 is 1.62 bits per heavy atom. The molecule has 2 N–H and O–H groups in total. The van der Waals surface area contributed by atoms with Crippen molar-refractivity contribution in [3.63, 3.8) is 0 Å². The summed E-state index contributed by atoms with van der Waals surface area (Å²) in [5.41, 5.74) is 0.399. The summed E-state index contributed by atoms with van der Waals surface area (Å²) in [7, 11) is 0. The van der Waals surface area contributed by atoms with Crippen molar-refractivity contribution in [3.8, 4) is 0 Å². The van der Waals surface area contributed by atoms with E-state index in [1.807, 2.05) is 6.92 Å². The first-order valence-electron chi connectivity index (χ1n) is 10.4. The van der Waals surface area contributed by atoms with Gasteiger partial charge < -0.3 is 10.2 Å². The zero-order chi connectivity index (χ0) is 17.5. The van der Waals surface area contributed by atoms with Crippen LogP contribution < -0.4 is 0 Å². The number of fused-ring (bicyclic) bond motifs is 5. The number of hydrogen-bond acceptors (Lipinski definition) is 2. The van der Waals surface area contributed by atoms with Crippen LogP contribution in [-0.4, -0.2) is 22.4 Å². The van der Waals surface area contributed by atoms with E-state index < -0.39 is 0 Å². The van der Waals surface area contributed by atoms with Crippen LogP contribution in [0.25, 0.3) is 0 Å². The second-order valence-electron chi connectivity index (χ2n) is 9.37. The van der Waals surface area contributed by atoms with Gasteiger partial charge in [0.25, 0.3) is 0 Å².